The van der Waals surface area contributed by atoms with E-state index < -0.39 is 8.32 Å². The van der Waals surface area contributed by atoms with Crippen LogP contribution >= 0.6 is 0 Å². The van der Waals surface area contributed by atoms with Crippen LogP contribution < -0.4 is 0 Å². The Kier molecular flexibility index (Phi) is 3.77. The van der Waals surface area contributed by atoms with Crippen LogP contribution in [0.3, 0.4) is 0 Å². The van der Waals surface area contributed by atoms with Gasteiger partial charge in [0.25, 0.3) is 0 Å². The molecule has 0 amide bonds. The summed E-state index contributed by atoms with van der Waals surface area (Å²) in [6, 6.07) is 0. The first kappa shape index (κ1) is 12.9. The third kappa shape index (κ3) is 2.91. The van der Waals surface area contributed by atoms with E-state index in [0.717, 1.165) is 25.5 Å². The van der Waals surface area contributed by atoms with Gasteiger partial charge in [0, 0.05) is 5.92 Å². The Hall–Kier alpha value is -0.153. The van der Waals surface area contributed by atoms with E-state index in [4.69, 9.17) is 4.43 Å². The fourth-order valence-electron chi connectivity index (χ4n) is 1.81. The van der Waals surface area contributed by atoms with Gasteiger partial charge in [0.1, 0.15) is 6.29 Å². The Morgan fingerprint density at radius 1 is 1.27 bits per heavy atom. The van der Waals surface area contributed by atoms with Crippen molar-refractivity contribution in [2.75, 3.05) is 0 Å². The predicted octanol–water partition coefficient (Wildman–Crippen LogP) is 3.38. The largest absolute Gasteiger partial charge is 0.413 e. The predicted molar refractivity (Wildman–Crippen MR) is 65.5 cm³/mol. The highest BCUT2D eigenvalue weighted by Crippen LogP contribution is 2.40. The van der Waals surface area contributed by atoms with Gasteiger partial charge in [0.05, 0.1) is 6.10 Å². The summed E-state index contributed by atoms with van der Waals surface area (Å²) in [5.74, 6) is 0.152. The van der Waals surface area contributed by atoms with Gasteiger partial charge in [0.2, 0.25) is 0 Å². The van der Waals surface area contributed by atoms with E-state index in [1.165, 1.54) is 0 Å². The molecule has 0 radical (unpaired) electrons. The van der Waals surface area contributed by atoms with E-state index in [9.17, 15) is 4.79 Å². The number of carbonyl (C=O) groups is 1. The molecule has 0 aromatic heterocycles. The lowest BCUT2D eigenvalue weighted by molar-refractivity contribution is -0.113. The summed E-state index contributed by atoms with van der Waals surface area (Å²) in [5, 5.41) is 0.239. The molecule has 2 atom stereocenters. The fourth-order valence-corrected chi connectivity index (χ4v) is 3.21. The molecular weight excluding hydrogens is 204 g/mol. The van der Waals surface area contributed by atoms with E-state index in [-0.39, 0.29) is 17.1 Å². The smallest absolute Gasteiger partial charge is 0.192 e. The number of aldehydes is 1. The topological polar surface area (TPSA) is 26.3 Å². The summed E-state index contributed by atoms with van der Waals surface area (Å²) < 4.78 is 6.27. The average Bonchev–Trinajstić information content (AvgIpc) is 2.48. The van der Waals surface area contributed by atoms with Crippen molar-refractivity contribution in [3.8, 4) is 0 Å². The molecule has 0 heterocycles. The molecule has 3 heteroatoms. The van der Waals surface area contributed by atoms with Gasteiger partial charge in [-0.2, -0.15) is 0 Å². The maximum absolute atomic E-state index is 10.9. The maximum atomic E-state index is 10.9. The maximum Gasteiger partial charge on any atom is 0.192 e. The molecule has 15 heavy (non-hydrogen) atoms. The molecule has 1 aliphatic rings. The molecule has 1 aliphatic carbocycles. The number of rotatable bonds is 3. The van der Waals surface area contributed by atoms with Crippen LogP contribution in [0.15, 0.2) is 0 Å². The molecule has 2 unspecified atom stereocenters. The minimum atomic E-state index is -1.69. The lowest BCUT2D eigenvalue weighted by Crippen LogP contribution is -2.44. The monoisotopic (exact) mass is 228 g/mol. The van der Waals surface area contributed by atoms with Gasteiger partial charge in [-0.05, 0) is 31.0 Å². The van der Waals surface area contributed by atoms with Crippen LogP contribution in [0.25, 0.3) is 0 Å². The van der Waals surface area contributed by atoms with E-state index >= 15 is 0 Å². The van der Waals surface area contributed by atoms with E-state index in [0.29, 0.717) is 0 Å². The highest BCUT2D eigenvalue weighted by atomic mass is 28.4. The zero-order valence-electron chi connectivity index (χ0n) is 10.7. The van der Waals surface area contributed by atoms with Gasteiger partial charge in [-0.25, -0.2) is 0 Å². The van der Waals surface area contributed by atoms with Gasteiger partial charge in [-0.3, -0.25) is 0 Å². The molecule has 0 aromatic rings. The Morgan fingerprint density at radius 3 is 2.33 bits per heavy atom. The molecule has 1 fully saturated rings. The molecule has 0 bridgehead atoms. The summed E-state index contributed by atoms with van der Waals surface area (Å²) in [4.78, 5) is 10.9. The van der Waals surface area contributed by atoms with Crippen molar-refractivity contribution in [2.45, 2.75) is 64.3 Å². The first-order valence-electron chi connectivity index (χ1n) is 5.91. The van der Waals surface area contributed by atoms with Crippen molar-refractivity contribution in [1.29, 1.82) is 0 Å². The van der Waals surface area contributed by atoms with E-state index in [2.05, 4.69) is 33.9 Å². The second kappa shape index (κ2) is 4.38. The first-order chi connectivity index (χ1) is 6.78. The van der Waals surface area contributed by atoms with Gasteiger partial charge in [-0.15, -0.1) is 0 Å². The van der Waals surface area contributed by atoms with Crippen molar-refractivity contribution in [3.05, 3.63) is 0 Å². The van der Waals surface area contributed by atoms with Crippen LogP contribution in [0.1, 0.15) is 40.0 Å². The highest BCUT2D eigenvalue weighted by molar-refractivity contribution is 6.74. The zero-order chi connectivity index (χ0) is 11.7. The molecular formula is C12H24O2Si. The molecule has 1 rings (SSSR count). The minimum Gasteiger partial charge on any atom is -0.413 e. The van der Waals surface area contributed by atoms with Crippen LogP contribution in [0.5, 0.6) is 0 Å². The normalized spacial score (nSPS) is 28.1. The SMILES string of the molecule is CC(C)(C)[Si](C)(C)OC1CCCC1C=O. The number of hydrogen-bond acceptors (Lipinski definition) is 2. The van der Waals surface area contributed by atoms with Crippen LogP contribution in [0.2, 0.25) is 18.1 Å². The molecule has 0 aliphatic heterocycles. The second-order valence-corrected chi connectivity index (χ2v) is 10.9. The Morgan fingerprint density at radius 2 is 1.87 bits per heavy atom. The number of carbonyl (C=O) groups excluding carboxylic acids is 1. The van der Waals surface area contributed by atoms with Crippen molar-refractivity contribution in [3.63, 3.8) is 0 Å². The zero-order valence-corrected chi connectivity index (χ0v) is 11.7. The Balaban J connectivity index is 2.64. The first-order valence-corrected chi connectivity index (χ1v) is 8.82. The van der Waals surface area contributed by atoms with Crippen molar-refractivity contribution >= 4 is 14.6 Å². The summed E-state index contributed by atoms with van der Waals surface area (Å²) >= 11 is 0. The van der Waals surface area contributed by atoms with Gasteiger partial charge < -0.3 is 9.22 Å². The van der Waals surface area contributed by atoms with E-state index in [1.54, 1.807) is 0 Å². The van der Waals surface area contributed by atoms with Crippen molar-refractivity contribution < 1.29 is 9.22 Å². The summed E-state index contributed by atoms with van der Waals surface area (Å²) in [6.45, 7) is 11.2. The molecule has 2 nitrogen and oxygen atoms in total. The Labute approximate surface area is 94.5 Å². The fraction of sp³-hybridized carbons (Fsp3) is 0.917. The summed E-state index contributed by atoms with van der Waals surface area (Å²) in [7, 11) is -1.69. The number of hydrogen-bond donors (Lipinski definition) is 0. The molecule has 88 valence electrons. The molecule has 0 spiro atoms. The third-order valence-corrected chi connectivity index (χ3v) is 8.44. The second-order valence-electron chi connectivity index (χ2n) is 6.15. The lowest BCUT2D eigenvalue weighted by Gasteiger charge is -2.39. The van der Waals surface area contributed by atoms with E-state index in [1.807, 2.05) is 0 Å². The van der Waals surface area contributed by atoms with Crippen molar-refractivity contribution in [2.24, 2.45) is 5.92 Å². The van der Waals surface area contributed by atoms with Crippen LogP contribution in [0.4, 0.5) is 0 Å². The van der Waals surface area contributed by atoms with Gasteiger partial charge in [-0.1, -0.05) is 27.2 Å². The lowest BCUT2D eigenvalue weighted by atomic mass is 10.1. The third-order valence-electron chi connectivity index (χ3n) is 3.93. The summed E-state index contributed by atoms with van der Waals surface area (Å²) in [6.07, 6.45) is 4.51. The quantitative estimate of drug-likeness (QED) is 0.547. The molecule has 0 aromatic carbocycles. The average molecular weight is 228 g/mol. The minimum absolute atomic E-state index is 0.152. The van der Waals surface area contributed by atoms with Gasteiger partial charge >= 0.3 is 0 Å². The van der Waals surface area contributed by atoms with Crippen LogP contribution in [-0.4, -0.2) is 20.7 Å². The van der Waals surface area contributed by atoms with Crippen LogP contribution in [0, 0.1) is 5.92 Å². The summed E-state index contributed by atoms with van der Waals surface area (Å²) in [5.41, 5.74) is 0. The highest BCUT2D eigenvalue weighted by Gasteiger charge is 2.41. The van der Waals surface area contributed by atoms with Gasteiger partial charge in [0.15, 0.2) is 8.32 Å². The standard InChI is InChI=1S/C12H24O2Si/c1-12(2,3)15(4,5)14-11-8-6-7-10(11)9-13/h9-11H,6-8H2,1-5H3. The van der Waals surface area contributed by atoms with Crippen molar-refractivity contribution in [1.82, 2.24) is 0 Å². The molecule has 1 saturated carbocycles. The molecule has 0 N–H and O–H groups in total. The molecule has 0 saturated heterocycles. The Bertz CT molecular complexity index is 230. The van der Waals surface area contributed by atoms with Crippen LogP contribution in [-0.2, 0) is 9.22 Å².